The van der Waals surface area contributed by atoms with Crippen LogP contribution >= 0.6 is 0 Å². The van der Waals surface area contributed by atoms with Crippen molar-refractivity contribution < 1.29 is 9.53 Å². The standard InChI is InChI=1S/C18H21N3O2/c22-18(16-13-14-7-1-2-8-15(14)23-16)21-12-6-5-11-20-17-9-3-4-10-19-17/h1-4,7-10,16H,5-6,11-13H2,(H,19,20)(H,21,22)/t16-/m1/s1. The number of pyridine rings is 1. The average Bonchev–Trinajstić information content (AvgIpc) is 3.03. The number of nitrogens with one attached hydrogen (secondary N) is 2. The van der Waals surface area contributed by atoms with Crippen molar-refractivity contribution >= 4 is 11.7 Å². The molecule has 2 N–H and O–H groups in total. The first-order chi connectivity index (χ1) is 11.3. The van der Waals surface area contributed by atoms with E-state index in [2.05, 4.69) is 15.6 Å². The van der Waals surface area contributed by atoms with E-state index in [1.54, 1.807) is 6.20 Å². The number of ether oxygens (including phenoxy) is 1. The summed E-state index contributed by atoms with van der Waals surface area (Å²) in [6.07, 6.45) is 3.93. The summed E-state index contributed by atoms with van der Waals surface area (Å²) in [6.45, 7) is 1.51. The number of rotatable bonds is 7. The second kappa shape index (κ2) is 7.63. The minimum atomic E-state index is -0.390. The molecular weight excluding hydrogens is 290 g/mol. The summed E-state index contributed by atoms with van der Waals surface area (Å²) in [5.41, 5.74) is 1.10. The van der Waals surface area contributed by atoms with E-state index in [-0.39, 0.29) is 12.0 Å². The number of aromatic nitrogens is 1. The van der Waals surface area contributed by atoms with Crippen LogP contribution in [0.1, 0.15) is 18.4 Å². The van der Waals surface area contributed by atoms with E-state index in [0.717, 1.165) is 36.5 Å². The van der Waals surface area contributed by atoms with Crippen molar-refractivity contribution in [3.05, 3.63) is 54.2 Å². The number of hydrogen-bond acceptors (Lipinski definition) is 4. The van der Waals surface area contributed by atoms with Crippen molar-refractivity contribution in [3.8, 4) is 5.75 Å². The lowest BCUT2D eigenvalue weighted by atomic mass is 10.1. The Morgan fingerprint density at radius 3 is 2.78 bits per heavy atom. The molecule has 0 aliphatic carbocycles. The second-order valence-electron chi connectivity index (χ2n) is 5.56. The molecule has 0 saturated heterocycles. The quantitative estimate of drug-likeness (QED) is 0.771. The van der Waals surface area contributed by atoms with Gasteiger partial charge in [0.25, 0.3) is 5.91 Å². The summed E-state index contributed by atoms with van der Waals surface area (Å²) in [7, 11) is 0. The van der Waals surface area contributed by atoms with Gasteiger partial charge in [-0.25, -0.2) is 4.98 Å². The maximum atomic E-state index is 12.1. The zero-order valence-electron chi connectivity index (χ0n) is 13.0. The molecule has 0 fully saturated rings. The zero-order valence-corrected chi connectivity index (χ0v) is 13.0. The molecule has 5 nitrogen and oxygen atoms in total. The number of fused-ring (bicyclic) bond motifs is 1. The SMILES string of the molecule is O=C(NCCCCNc1ccccn1)[C@H]1Cc2ccccc2O1. The molecule has 2 heterocycles. The summed E-state index contributed by atoms with van der Waals surface area (Å²) >= 11 is 0. The van der Waals surface area contributed by atoms with Crippen molar-refractivity contribution in [2.45, 2.75) is 25.4 Å². The van der Waals surface area contributed by atoms with Crippen molar-refractivity contribution in [2.24, 2.45) is 0 Å². The summed E-state index contributed by atoms with van der Waals surface area (Å²) < 4.78 is 5.67. The van der Waals surface area contributed by atoms with Crippen LogP contribution < -0.4 is 15.4 Å². The number of benzene rings is 1. The minimum Gasteiger partial charge on any atom is -0.480 e. The van der Waals surface area contributed by atoms with Gasteiger partial charge in [0.1, 0.15) is 11.6 Å². The normalized spacial score (nSPS) is 15.6. The fourth-order valence-electron chi connectivity index (χ4n) is 2.59. The summed E-state index contributed by atoms with van der Waals surface area (Å²) in [5, 5.41) is 6.20. The number of nitrogens with zero attached hydrogens (tertiary/aromatic N) is 1. The van der Waals surface area contributed by atoms with Gasteiger partial charge in [-0.05, 0) is 36.6 Å². The first-order valence-corrected chi connectivity index (χ1v) is 8.00. The van der Waals surface area contributed by atoms with E-state index < -0.39 is 0 Å². The highest BCUT2D eigenvalue weighted by atomic mass is 16.5. The topological polar surface area (TPSA) is 63.2 Å². The Balaban J connectivity index is 1.30. The number of amides is 1. The first-order valence-electron chi connectivity index (χ1n) is 8.00. The van der Waals surface area contributed by atoms with Crippen LogP contribution in [0, 0.1) is 0 Å². The smallest absolute Gasteiger partial charge is 0.261 e. The number of carbonyl (C=O) groups is 1. The monoisotopic (exact) mass is 311 g/mol. The second-order valence-corrected chi connectivity index (χ2v) is 5.56. The van der Waals surface area contributed by atoms with Crippen LogP contribution in [0.3, 0.4) is 0 Å². The third kappa shape index (κ3) is 4.22. The Morgan fingerprint density at radius 2 is 1.96 bits per heavy atom. The van der Waals surface area contributed by atoms with Crippen molar-refractivity contribution in [1.82, 2.24) is 10.3 Å². The minimum absolute atomic E-state index is 0.0288. The molecule has 0 unspecified atom stereocenters. The average molecular weight is 311 g/mol. The van der Waals surface area contributed by atoms with Gasteiger partial charge in [0, 0.05) is 25.7 Å². The number of hydrogen-bond donors (Lipinski definition) is 2. The maximum Gasteiger partial charge on any atom is 0.261 e. The summed E-state index contributed by atoms with van der Waals surface area (Å²) in [4.78, 5) is 16.3. The summed E-state index contributed by atoms with van der Waals surface area (Å²) in [5.74, 6) is 1.68. The van der Waals surface area contributed by atoms with E-state index in [9.17, 15) is 4.79 Å². The molecule has 0 saturated carbocycles. The van der Waals surface area contributed by atoms with Gasteiger partial charge in [-0.3, -0.25) is 4.79 Å². The van der Waals surface area contributed by atoms with Crippen LogP contribution in [-0.4, -0.2) is 30.1 Å². The van der Waals surface area contributed by atoms with Crippen molar-refractivity contribution in [3.63, 3.8) is 0 Å². The molecule has 120 valence electrons. The molecule has 1 aromatic heterocycles. The molecule has 23 heavy (non-hydrogen) atoms. The Kier molecular flexibility index (Phi) is 5.09. The fraction of sp³-hybridized carbons (Fsp3) is 0.333. The number of carbonyl (C=O) groups excluding carboxylic acids is 1. The first kappa shape index (κ1) is 15.3. The molecule has 2 aromatic rings. The van der Waals surface area contributed by atoms with Gasteiger partial charge >= 0.3 is 0 Å². The molecule has 1 aliphatic rings. The fourth-order valence-corrected chi connectivity index (χ4v) is 2.59. The van der Waals surface area contributed by atoms with Crippen molar-refractivity contribution in [1.29, 1.82) is 0 Å². The Bertz CT molecular complexity index is 621. The van der Waals surface area contributed by atoms with Crippen LogP contribution in [-0.2, 0) is 11.2 Å². The Labute approximate surface area is 136 Å². The highest BCUT2D eigenvalue weighted by molar-refractivity contribution is 5.82. The van der Waals surface area contributed by atoms with Gasteiger partial charge in [-0.2, -0.15) is 0 Å². The van der Waals surface area contributed by atoms with Gasteiger partial charge in [0.15, 0.2) is 6.10 Å². The van der Waals surface area contributed by atoms with E-state index in [1.165, 1.54) is 0 Å². The number of para-hydroxylation sites is 1. The Morgan fingerprint density at radius 1 is 1.13 bits per heavy atom. The lowest BCUT2D eigenvalue weighted by molar-refractivity contribution is -0.127. The van der Waals surface area contributed by atoms with Crippen LogP contribution in [0.2, 0.25) is 0 Å². The number of anilines is 1. The molecule has 1 aromatic carbocycles. The molecule has 0 radical (unpaired) electrons. The van der Waals surface area contributed by atoms with Gasteiger partial charge in [-0.15, -0.1) is 0 Å². The molecule has 3 rings (SSSR count). The highest BCUT2D eigenvalue weighted by Gasteiger charge is 2.28. The third-order valence-electron chi connectivity index (χ3n) is 3.81. The van der Waals surface area contributed by atoms with Gasteiger partial charge < -0.3 is 15.4 Å². The molecule has 0 spiro atoms. The number of unbranched alkanes of at least 4 members (excludes halogenated alkanes) is 1. The predicted molar refractivity (Wildman–Crippen MR) is 89.5 cm³/mol. The van der Waals surface area contributed by atoms with Gasteiger partial charge in [0.2, 0.25) is 0 Å². The molecule has 1 amide bonds. The van der Waals surface area contributed by atoms with Crippen LogP contribution in [0.25, 0.3) is 0 Å². The van der Waals surface area contributed by atoms with E-state index >= 15 is 0 Å². The molecule has 1 aliphatic heterocycles. The van der Waals surface area contributed by atoms with Gasteiger partial charge in [0.05, 0.1) is 0 Å². The van der Waals surface area contributed by atoms with E-state index in [0.29, 0.717) is 13.0 Å². The predicted octanol–water partition coefficient (Wildman–Crippen LogP) is 2.39. The molecular formula is C18H21N3O2. The largest absolute Gasteiger partial charge is 0.480 e. The highest BCUT2D eigenvalue weighted by Crippen LogP contribution is 2.28. The van der Waals surface area contributed by atoms with Gasteiger partial charge in [-0.1, -0.05) is 24.3 Å². The van der Waals surface area contributed by atoms with Crippen molar-refractivity contribution in [2.75, 3.05) is 18.4 Å². The Hall–Kier alpha value is -2.56. The maximum absolute atomic E-state index is 12.1. The van der Waals surface area contributed by atoms with Crippen LogP contribution in [0.15, 0.2) is 48.7 Å². The van der Waals surface area contributed by atoms with E-state index in [1.807, 2.05) is 42.5 Å². The lowest BCUT2D eigenvalue weighted by Gasteiger charge is -2.11. The van der Waals surface area contributed by atoms with E-state index in [4.69, 9.17) is 4.74 Å². The third-order valence-corrected chi connectivity index (χ3v) is 3.81. The lowest BCUT2D eigenvalue weighted by Crippen LogP contribution is -2.37. The molecule has 1 atom stereocenters. The van der Waals surface area contributed by atoms with Crippen LogP contribution in [0.5, 0.6) is 5.75 Å². The summed E-state index contributed by atoms with van der Waals surface area (Å²) in [6, 6.07) is 13.6. The van der Waals surface area contributed by atoms with Crippen LogP contribution in [0.4, 0.5) is 5.82 Å². The zero-order chi connectivity index (χ0) is 15.9. The molecule has 0 bridgehead atoms. The molecule has 5 heteroatoms.